The second kappa shape index (κ2) is 5.54. The molecule has 1 fully saturated rings. The van der Waals surface area contributed by atoms with Crippen molar-refractivity contribution in [3.05, 3.63) is 35.9 Å². The number of carbonyl (C=O) groups is 1. The highest BCUT2D eigenvalue weighted by Gasteiger charge is 2.25. The van der Waals surface area contributed by atoms with Gasteiger partial charge in [0.2, 0.25) is 5.91 Å². The summed E-state index contributed by atoms with van der Waals surface area (Å²) >= 11 is 5.82. The van der Waals surface area contributed by atoms with Crippen molar-refractivity contribution in [1.82, 2.24) is 4.90 Å². The fraction of sp³-hybridized carbons (Fsp3) is 0.500. The minimum Gasteiger partial charge on any atom is -0.341 e. The number of rotatable bonds is 2. The molecule has 0 bridgehead atoms. The van der Waals surface area contributed by atoms with Crippen LogP contribution in [0.2, 0.25) is 0 Å². The van der Waals surface area contributed by atoms with Gasteiger partial charge in [-0.1, -0.05) is 30.3 Å². The molecular formula is C14H18ClNO. The molecule has 0 saturated carbocycles. The molecule has 92 valence electrons. The van der Waals surface area contributed by atoms with Crippen LogP contribution in [-0.4, -0.2) is 29.3 Å². The van der Waals surface area contributed by atoms with Gasteiger partial charge in [0.15, 0.2) is 0 Å². The third-order valence-electron chi connectivity index (χ3n) is 3.42. The van der Waals surface area contributed by atoms with Crippen molar-refractivity contribution < 1.29 is 4.79 Å². The van der Waals surface area contributed by atoms with E-state index in [0.717, 1.165) is 25.9 Å². The van der Waals surface area contributed by atoms with E-state index >= 15 is 0 Å². The van der Waals surface area contributed by atoms with Crippen molar-refractivity contribution in [2.24, 2.45) is 0 Å². The maximum Gasteiger partial charge on any atom is 0.240 e. The predicted octanol–water partition coefficient (Wildman–Crippen LogP) is 3.02. The summed E-state index contributed by atoms with van der Waals surface area (Å²) < 4.78 is 0. The average Bonchev–Trinajstić information content (AvgIpc) is 2.39. The molecule has 1 saturated heterocycles. The summed E-state index contributed by atoms with van der Waals surface area (Å²) in [7, 11) is 0. The first-order valence-corrected chi connectivity index (χ1v) is 6.60. The van der Waals surface area contributed by atoms with Gasteiger partial charge in [-0.15, -0.1) is 11.6 Å². The van der Waals surface area contributed by atoms with Gasteiger partial charge in [-0.05, 0) is 31.2 Å². The highest BCUT2D eigenvalue weighted by Crippen LogP contribution is 2.28. The molecule has 0 spiro atoms. The van der Waals surface area contributed by atoms with E-state index in [4.69, 9.17) is 11.6 Å². The Labute approximate surface area is 108 Å². The number of hydrogen-bond acceptors (Lipinski definition) is 1. The summed E-state index contributed by atoms with van der Waals surface area (Å²) in [5, 5.41) is -0.400. The molecule has 1 aliphatic heterocycles. The Bertz CT molecular complexity index is 369. The zero-order valence-electron chi connectivity index (χ0n) is 10.1. The van der Waals surface area contributed by atoms with Crippen LogP contribution in [0.5, 0.6) is 0 Å². The first-order valence-electron chi connectivity index (χ1n) is 6.16. The normalized spacial score (nSPS) is 19.1. The van der Waals surface area contributed by atoms with Crippen molar-refractivity contribution in [1.29, 1.82) is 0 Å². The quantitative estimate of drug-likeness (QED) is 0.740. The molecule has 1 atom stereocenters. The maximum atomic E-state index is 11.7. The van der Waals surface area contributed by atoms with Gasteiger partial charge < -0.3 is 4.90 Å². The van der Waals surface area contributed by atoms with Gasteiger partial charge >= 0.3 is 0 Å². The Kier molecular flexibility index (Phi) is 4.06. The van der Waals surface area contributed by atoms with Crippen LogP contribution in [0.25, 0.3) is 0 Å². The SMILES string of the molecule is CC(Cl)C(=O)N1CCC(c2ccccc2)CC1. The first-order chi connectivity index (χ1) is 8.18. The van der Waals surface area contributed by atoms with Crippen LogP contribution in [0.3, 0.4) is 0 Å². The van der Waals surface area contributed by atoms with Gasteiger partial charge in [0.05, 0.1) is 0 Å². The Morgan fingerprint density at radius 1 is 1.29 bits per heavy atom. The molecule has 0 radical (unpaired) electrons. The topological polar surface area (TPSA) is 20.3 Å². The van der Waals surface area contributed by atoms with Crippen molar-refractivity contribution in [2.45, 2.75) is 31.1 Å². The van der Waals surface area contributed by atoms with Gasteiger partial charge in [-0.25, -0.2) is 0 Å². The highest BCUT2D eigenvalue weighted by molar-refractivity contribution is 6.30. The van der Waals surface area contributed by atoms with Gasteiger partial charge in [0, 0.05) is 13.1 Å². The van der Waals surface area contributed by atoms with Gasteiger partial charge in [0.1, 0.15) is 5.38 Å². The second-order valence-electron chi connectivity index (χ2n) is 4.63. The molecule has 1 amide bonds. The number of carbonyl (C=O) groups excluding carboxylic acids is 1. The molecule has 1 unspecified atom stereocenters. The second-order valence-corrected chi connectivity index (χ2v) is 5.28. The molecule has 3 heteroatoms. The third kappa shape index (κ3) is 3.01. The number of nitrogens with zero attached hydrogens (tertiary/aromatic N) is 1. The third-order valence-corrected chi connectivity index (χ3v) is 3.60. The summed E-state index contributed by atoms with van der Waals surface area (Å²) in [6.45, 7) is 3.40. The van der Waals surface area contributed by atoms with Crippen molar-refractivity contribution in [3.63, 3.8) is 0 Å². The standard InChI is InChI=1S/C14H18ClNO/c1-11(15)14(17)16-9-7-13(8-10-16)12-5-3-2-4-6-12/h2-6,11,13H,7-10H2,1H3. The van der Waals surface area contributed by atoms with Crippen LogP contribution in [0.15, 0.2) is 30.3 Å². The summed E-state index contributed by atoms with van der Waals surface area (Å²) in [5.74, 6) is 0.657. The van der Waals surface area contributed by atoms with Crippen molar-refractivity contribution in [3.8, 4) is 0 Å². The number of hydrogen-bond donors (Lipinski definition) is 0. The molecule has 1 aliphatic rings. The van der Waals surface area contributed by atoms with E-state index in [1.54, 1.807) is 6.92 Å². The minimum absolute atomic E-state index is 0.0678. The van der Waals surface area contributed by atoms with E-state index in [1.165, 1.54) is 5.56 Å². The van der Waals surface area contributed by atoms with Crippen LogP contribution in [-0.2, 0) is 4.79 Å². The Morgan fingerprint density at radius 2 is 1.88 bits per heavy atom. The lowest BCUT2D eigenvalue weighted by Gasteiger charge is -2.32. The Morgan fingerprint density at radius 3 is 2.41 bits per heavy atom. The number of amides is 1. The highest BCUT2D eigenvalue weighted by atomic mass is 35.5. The monoisotopic (exact) mass is 251 g/mol. The van der Waals surface area contributed by atoms with E-state index in [9.17, 15) is 4.79 Å². The number of piperidine rings is 1. The predicted molar refractivity (Wildman–Crippen MR) is 70.3 cm³/mol. The zero-order chi connectivity index (χ0) is 12.3. The molecule has 2 rings (SSSR count). The molecule has 1 aromatic rings. The van der Waals surface area contributed by atoms with Crippen LogP contribution in [0.4, 0.5) is 0 Å². The van der Waals surface area contributed by atoms with Crippen LogP contribution in [0.1, 0.15) is 31.2 Å². The molecule has 0 N–H and O–H groups in total. The zero-order valence-corrected chi connectivity index (χ0v) is 10.9. The smallest absolute Gasteiger partial charge is 0.240 e. The van der Waals surface area contributed by atoms with Gasteiger partial charge in [0.25, 0.3) is 0 Å². The molecule has 2 nitrogen and oxygen atoms in total. The van der Waals surface area contributed by atoms with Crippen molar-refractivity contribution in [2.75, 3.05) is 13.1 Å². The first kappa shape index (κ1) is 12.4. The molecule has 0 aromatic heterocycles. The number of benzene rings is 1. The maximum absolute atomic E-state index is 11.7. The number of likely N-dealkylation sites (tertiary alicyclic amines) is 1. The summed E-state index contributed by atoms with van der Waals surface area (Å²) in [4.78, 5) is 13.6. The van der Waals surface area contributed by atoms with Gasteiger partial charge in [-0.2, -0.15) is 0 Å². The summed E-state index contributed by atoms with van der Waals surface area (Å²) in [6.07, 6.45) is 2.08. The average molecular weight is 252 g/mol. The van der Waals surface area contributed by atoms with E-state index < -0.39 is 5.38 Å². The molecule has 17 heavy (non-hydrogen) atoms. The largest absolute Gasteiger partial charge is 0.341 e. The minimum atomic E-state index is -0.400. The summed E-state index contributed by atoms with van der Waals surface area (Å²) in [5.41, 5.74) is 1.39. The molecular weight excluding hydrogens is 234 g/mol. The van der Waals surface area contributed by atoms with Crippen LogP contribution in [0, 0.1) is 0 Å². The fourth-order valence-corrected chi connectivity index (χ4v) is 2.55. The number of halogens is 1. The van der Waals surface area contributed by atoms with E-state index in [0.29, 0.717) is 5.92 Å². The van der Waals surface area contributed by atoms with Crippen molar-refractivity contribution >= 4 is 17.5 Å². The lowest BCUT2D eigenvalue weighted by molar-refractivity contribution is -0.131. The lowest BCUT2D eigenvalue weighted by Crippen LogP contribution is -2.41. The Hall–Kier alpha value is -1.02. The number of alkyl halides is 1. The fourth-order valence-electron chi connectivity index (χ4n) is 2.41. The molecule has 1 heterocycles. The molecule has 1 aromatic carbocycles. The van der Waals surface area contributed by atoms with Crippen LogP contribution < -0.4 is 0 Å². The van der Waals surface area contributed by atoms with E-state index in [1.807, 2.05) is 11.0 Å². The van der Waals surface area contributed by atoms with Crippen LogP contribution >= 0.6 is 11.6 Å². The summed E-state index contributed by atoms with van der Waals surface area (Å²) in [6, 6.07) is 10.5. The molecule has 0 aliphatic carbocycles. The van der Waals surface area contributed by atoms with E-state index in [2.05, 4.69) is 24.3 Å². The lowest BCUT2D eigenvalue weighted by atomic mass is 9.89. The Balaban J connectivity index is 1.93. The van der Waals surface area contributed by atoms with Gasteiger partial charge in [-0.3, -0.25) is 4.79 Å². The van der Waals surface area contributed by atoms with E-state index in [-0.39, 0.29) is 5.91 Å².